The highest BCUT2D eigenvalue weighted by atomic mass is 16.2. The molecule has 1 fully saturated rings. The minimum atomic E-state index is -0.508. The summed E-state index contributed by atoms with van der Waals surface area (Å²) in [5.41, 5.74) is 0.931. The second-order valence-corrected chi connectivity index (χ2v) is 4.34. The molecule has 6 nitrogen and oxygen atoms in total. The van der Waals surface area contributed by atoms with Crippen LogP contribution in [-0.4, -0.2) is 39.8 Å². The maximum Gasteiger partial charge on any atom is 0.251 e. The van der Waals surface area contributed by atoms with E-state index in [2.05, 4.69) is 22.2 Å². The number of anilines is 1. The van der Waals surface area contributed by atoms with Crippen molar-refractivity contribution in [3.8, 4) is 0 Å². The number of aromatic nitrogens is 2. The van der Waals surface area contributed by atoms with Gasteiger partial charge in [0.05, 0.1) is 6.42 Å². The van der Waals surface area contributed by atoms with Crippen LogP contribution in [0.2, 0.25) is 0 Å². The molecule has 2 amide bonds. The fourth-order valence-electron chi connectivity index (χ4n) is 1.92. The molecule has 2 rings (SSSR count). The van der Waals surface area contributed by atoms with E-state index in [1.807, 2.05) is 6.07 Å². The van der Waals surface area contributed by atoms with Crippen molar-refractivity contribution in [1.82, 2.24) is 14.9 Å². The Bertz CT molecular complexity index is 475. The van der Waals surface area contributed by atoms with Gasteiger partial charge in [-0.2, -0.15) is 0 Å². The van der Waals surface area contributed by atoms with E-state index in [0.29, 0.717) is 5.82 Å². The Morgan fingerprint density at radius 1 is 1.44 bits per heavy atom. The Hall–Kier alpha value is -1.98. The highest BCUT2D eigenvalue weighted by Crippen LogP contribution is 2.16. The summed E-state index contributed by atoms with van der Waals surface area (Å²) in [5.74, 6) is 0.214. The van der Waals surface area contributed by atoms with E-state index in [1.165, 1.54) is 13.4 Å². The van der Waals surface area contributed by atoms with E-state index in [1.54, 1.807) is 0 Å². The molecule has 1 aromatic rings. The van der Waals surface area contributed by atoms with Crippen molar-refractivity contribution in [2.24, 2.45) is 0 Å². The molecule has 0 aliphatic carbocycles. The van der Waals surface area contributed by atoms with Crippen molar-refractivity contribution in [3.05, 3.63) is 18.1 Å². The Kier molecular flexibility index (Phi) is 3.55. The number of aryl methyl sites for hydroxylation is 1. The van der Waals surface area contributed by atoms with E-state index in [0.717, 1.165) is 23.4 Å². The first-order valence-electron chi connectivity index (χ1n) is 5.99. The fourth-order valence-corrected chi connectivity index (χ4v) is 1.92. The van der Waals surface area contributed by atoms with Gasteiger partial charge in [-0.3, -0.25) is 14.5 Å². The van der Waals surface area contributed by atoms with Crippen molar-refractivity contribution in [2.75, 3.05) is 12.4 Å². The van der Waals surface area contributed by atoms with Crippen molar-refractivity contribution in [3.63, 3.8) is 0 Å². The number of nitrogens with zero attached hydrogens (tertiary/aromatic N) is 3. The molecule has 1 atom stereocenters. The van der Waals surface area contributed by atoms with Crippen LogP contribution in [-0.2, 0) is 16.0 Å². The van der Waals surface area contributed by atoms with Crippen LogP contribution in [0, 0.1) is 0 Å². The number of hydrogen-bond donors (Lipinski definition) is 1. The third-order valence-corrected chi connectivity index (χ3v) is 2.93. The lowest BCUT2D eigenvalue weighted by atomic mass is 10.2. The molecule has 0 radical (unpaired) electrons. The molecule has 0 bridgehead atoms. The number of likely N-dealkylation sites (N-methyl/N-ethyl adjacent to an activating group) is 1. The minimum absolute atomic E-state index is 0.166. The Labute approximate surface area is 105 Å². The number of amides is 2. The molecule has 1 unspecified atom stereocenters. The SMILES string of the molecule is CCCc1cc(NC2CC(=O)N(C)C2=O)ncn1. The summed E-state index contributed by atoms with van der Waals surface area (Å²) in [6.45, 7) is 2.07. The zero-order valence-corrected chi connectivity index (χ0v) is 10.5. The van der Waals surface area contributed by atoms with Crippen molar-refractivity contribution < 1.29 is 9.59 Å². The smallest absolute Gasteiger partial charge is 0.251 e. The normalized spacial score (nSPS) is 19.4. The molecule has 2 heterocycles. The van der Waals surface area contributed by atoms with Gasteiger partial charge in [-0.05, 0) is 6.42 Å². The lowest BCUT2D eigenvalue weighted by Gasteiger charge is -2.11. The molecule has 1 aliphatic rings. The quantitative estimate of drug-likeness (QED) is 0.790. The third kappa shape index (κ3) is 2.47. The highest BCUT2D eigenvalue weighted by Gasteiger charge is 2.36. The van der Waals surface area contributed by atoms with Crippen LogP contribution in [0.25, 0.3) is 0 Å². The standard InChI is InChI=1S/C12H16N4O2/c1-3-4-8-5-10(14-7-13-8)15-9-6-11(17)16(2)12(9)18/h5,7,9H,3-4,6H2,1-2H3,(H,13,14,15). The lowest BCUT2D eigenvalue weighted by molar-refractivity contribution is -0.136. The molecule has 96 valence electrons. The van der Waals surface area contributed by atoms with Gasteiger partial charge in [-0.25, -0.2) is 9.97 Å². The van der Waals surface area contributed by atoms with Gasteiger partial charge >= 0.3 is 0 Å². The number of carbonyl (C=O) groups is 2. The molecule has 1 saturated heterocycles. The average molecular weight is 248 g/mol. The summed E-state index contributed by atoms with van der Waals surface area (Å²) >= 11 is 0. The summed E-state index contributed by atoms with van der Waals surface area (Å²) in [6, 6.07) is 1.31. The van der Waals surface area contributed by atoms with Crippen LogP contribution >= 0.6 is 0 Å². The van der Waals surface area contributed by atoms with E-state index < -0.39 is 6.04 Å². The number of carbonyl (C=O) groups excluding carboxylic acids is 2. The maximum absolute atomic E-state index is 11.7. The number of rotatable bonds is 4. The summed E-state index contributed by atoms with van der Waals surface area (Å²) in [5, 5.41) is 2.99. The zero-order valence-electron chi connectivity index (χ0n) is 10.5. The molecule has 1 aromatic heterocycles. The van der Waals surface area contributed by atoms with Gasteiger partial charge < -0.3 is 5.32 Å². The molecule has 1 aliphatic heterocycles. The third-order valence-electron chi connectivity index (χ3n) is 2.93. The summed E-state index contributed by atoms with van der Waals surface area (Å²) < 4.78 is 0. The number of nitrogens with one attached hydrogen (secondary N) is 1. The number of hydrogen-bond acceptors (Lipinski definition) is 5. The van der Waals surface area contributed by atoms with Crippen LogP contribution in [0.5, 0.6) is 0 Å². The van der Waals surface area contributed by atoms with Gasteiger partial charge in [0.15, 0.2) is 0 Å². The van der Waals surface area contributed by atoms with Gasteiger partial charge in [0, 0.05) is 18.8 Å². The van der Waals surface area contributed by atoms with Gasteiger partial charge in [0.25, 0.3) is 5.91 Å². The van der Waals surface area contributed by atoms with Gasteiger partial charge in [0.1, 0.15) is 18.2 Å². The van der Waals surface area contributed by atoms with Crippen LogP contribution in [0.1, 0.15) is 25.5 Å². The summed E-state index contributed by atoms with van der Waals surface area (Å²) in [7, 11) is 1.49. The van der Waals surface area contributed by atoms with Crippen LogP contribution < -0.4 is 5.32 Å². The molecular weight excluding hydrogens is 232 g/mol. The lowest BCUT2D eigenvalue weighted by Crippen LogP contribution is -2.32. The van der Waals surface area contributed by atoms with Gasteiger partial charge in [0.2, 0.25) is 5.91 Å². The van der Waals surface area contributed by atoms with Crippen molar-refractivity contribution in [1.29, 1.82) is 0 Å². The molecular formula is C12H16N4O2. The maximum atomic E-state index is 11.7. The number of imide groups is 1. The molecule has 1 N–H and O–H groups in total. The number of likely N-dealkylation sites (tertiary alicyclic amines) is 1. The minimum Gasteiger partial charge on any atom is -0.358 e. The second-order valence-electron chi connectivity index (χ2n) is 4.34. The van der Waals surface area contributed by atoms with E-state index in [4.69, 9.17) is 0 Å². The van der Waals surface area contributed by atoms with E-state index >= 15 is 0 Å². The second kappa shape index (κ2) is 5.12. The van der Waals surface area contributed by atoms with Gasteiger partial charge in [-0.15, -0.1) is 0 Å². The van der Waals surface area contributed by atoms with E-state index in [9.17, 15) is 9.59 Å². The van der Waals surface area contributed by atoms with Crippen LogP contribution in [0.15, 0.2) is 12.4 Å². The molecule has 0 saturated carbocycles. The van der Waals surface area contributed by atoms with E-state index in [-0.39, 0.29) is 18.2 Å². The fraction of sp³-hybridized carbons (Fsp3) is 0.500. The van der Waals surface area contributed by atoms with Gasteiger partial charge in [-0.1, -0.05) is 13.3 Å². The van der Waals surface area contributed by atoms with Crippen molar-refractivity contribution >= 4 is 17.6 Å². The van der Waals surface area contributed by atoms with Crippen molar-refractivity contribution in [2.45, 2.75) is 32.2 Å². The monoisotopic (exact) mass is 248 g/mol. The van der Waals surface area contributed by atoms with Crippen LogP contribution in [0.3, 0.4) is 0 Å². The predicted molar refractivity (Wildman–Crippen MR) is 65.8 cm³/mol. The largest absolute Gasteiger partial charge is 0.358 e. The average Bonchev–Trinajstić information content (AvgIpc) is 2.58. The highest BCUT2D eigenvalue weighted by molar-refractivity contribution is 6.06. The first-order valence-corrected chi connectivity index (χ1v) is 5.99. The first kappa shape index (κ1) is 12.5. The topological polar surface area (TPSA) is 75.2 Å². The predicted octanol–water partition coefficient (Wildman–Crippen LogP) is 0.598. The first-order chi connectivity index (χ1) is 8.61. The summed E-state index contributed by atoms with van der Waals surface area (Å²) in [4.78, 5) is 32.5. The Morgan fingerprint density at radius 3 is 2.83 bits per heavy atom. The molecule has 6 heteroatoms. The molecule has 18 heavy (non-hydrogen) atoms. The Morgan fingerprint density at radius 2 is 2.22 bits per heavy atom. The molecule has 0 aromatic carbocycles. The molecule has 0 spiro atoms. The van der Waals surface area contributed by atoms with Crippen LogP contribution in [0.4, 0.5) is 5.82 Å². The zero-order chi connectivity index (χ0) is 13.1. The Balaban J connectivity index is 2.08. The summed E-state index contributed by atoms with van der Waals surface area (Å²) in [6.07, 6.45) is 3.52.